The number of rotatable bonds is 8. The molecule has 4 aromatic rings. The Kier molecular flexibility index (Phi) is 6.50. The van der Waals surface area contributed by atoms with E-state index in [1.165, 1.54) is 27.4 Å². The fraction of sp³-hybridized carbons (Fsp3) is 0.143. The second kappa shape index (κ2) is 9.67. The van der Waals surface area contributed by atoms with E-state index in [-0.39, 0.29) is 11.6 Å². The Morgan fingerprint density at radius 2 is 1.53 bits per heavy atom. The van der Waals surface area contributed by atoms with Gasteiger partial charge in [0.2, 0.25) is 11.5 Å². The maximum absolute atomic E-state index is 13.6. The van der Waals surface area contributed by atoms with Crippen LogP contribution >= 0.6 is 0 Å². The summed E-state index contributed by atoms with van der Waals surface area (Å²) in [6.45, 7) is 1.92. The van der Waals surface area contributed by atoms with Crippen LogP contribution in [0.2, 0.25) is 0 Å². The lowest BCUT2D eigenvalue weighted by molar-refractivity contribution is 0.103. The molecule has 0 bridgehead atoms. The summed E-state index contributed by atoms with van der Waals surface area (Å²) in [5, 5.41) is 0. The van der Waals surface area contributed by atoms with E-state index in [4.69, 9.17) is 14.2 Å². The predicted molar refractivity (Wildman–Crippen MR) is 131 cm³/mol. The molecule has 0 N–H and O–H groups in total. The number of aromatic nitrogens is 1. The average molecular weight is 456 g/mol. The molecule has 2 heterocycles. The van der Waals surface area contributed by atoms with Gasteiger partial charge >= 0.3 is 0 Å². The molecule has 0 atom stereocenters. The van der Waals surface area contributed by atoms with Crippen molar-refractivity contribution in [2.75, 3.05) is 21.3 Å². The van der Waals surface area contributed by atoms with Crippen LogP contribution in [-0.4, -0.2) is 37.3 Å². The van der Waals surface area contributed by atoms with Crippen LogP contribution < -0.4 is 14.2 Å². The van der Waals surface area contributed by atoms with Gasteiger partial charge in [-0.2, -0.15) is 0 Å². The van der Waals surface area contributed by atoms with Crippen molar-refractivity contribution in [3.05, 3.63) is 101 Å². The Morgan fingerprint density at radius 1 is 0.853 bits per heavy atom. The minimum absolute atomic E-state index is 0.181. The van der Waals surface area contributed by atoms with Gasteiger partial charge < -0.3 is 18.6 Å². The number of hydrogen-bond acceptors (Lipinski definition) is 5. The summed E-state index contributed by atoms with van der Waals surface area (Å²) in [5.74, 6) is 0.707. The van der Waals surface area contributed by atoms with Crippen LogP contribution in [0.4, 0.5) is 0 Å². The maximum Gasteiger partial charge on any atom is 0.210 e. The van der Waals surface area contributed by atoms with Crippen LogP contribution in [0.1, 0.15) is 37.5 Å². The summed E-state index contributed by atoms with van der Waals surface area (Å²) in [4.78, 5) is 26.8. The van der Waals surface area contributed by atoms with Gasteiger partial charge in [0.15, 0.2) is 17.3 Å². The van der Waals surface area contributed by atoms with Gasteiger partial charge in [0.05, 0.1) is 32.5 Å². The lowest BCUT2D eigenvalue weighted by Crippen LogP contribution is -2.07. The first-order chi connectivity index (χ1) is 16.5. The molecule has 0 aliphatic heterocycles. The number of ketones is 2. The number of hydrogen-bond donors (Lipinski definition) is 0. The number of ether oxygens (including phenoxy) is 3. The van der Waals surface area contributed by atoms with E-state index in [1.54, 1.807) is 34.9 Å². The fourth-order valence-corrected chi connectivity index (χ4v) is 3.98. The Labute approximate surface area is 198 Å². The van der Waals surface area contributed by atoms with Crippen molar-refractivity contribution in [1.29, 1.82) is 0 Å². The number of pyridine rings is 1. The number of fused-ring (bicyclic) bond motifs is 1. The SMILES string of the molecule is COc1cc(C(=O)c2cc(C(=O)/C=C/c3ccccc3)c3c(C)cccn23)cc(OC)c1OC. The molecule has 0 saturated heterocycles. The molecule has 0 spiro atoms. The third-order valence-electron chi connectivity index (χ3n) is 5.64. The number of carbonyl (C=O) groups is 2. The van der Waals surface area contributed by atoms with Crippen LogP contribution in [0.3, 0.4) is 0 Å². The van der Waals surface area contributed by atoms with Crippen molar-refractivity contribution in [3.8, 4) is 17.2 Å². The van der Waals surface area contributed by atoms with Crippen LogP contribution in [0.5, 0.6) is 17.2 Å². The minimum Gasteiger partial charge on any atom is -0.493 e. The monoisotopic (exact) mass is 455 g/mol. The summed E-state index contributed by atoms with van der Waals surface area (Å²) in [7, 11) is 4.50. The highest BCUT2D eigenvalue weighted by molar-refractivity contribution is 6.16. The Hall–Kier alpha value is -4.32. The molecule has 0 fully saturated rings. The van der Waals surface area contributed by atoms with Crippen LogP contribution in [0.25, 0.3) is 11.6 Å². The zero-order chi connectivity index (χ0) is 24.2. The highest BCUT2D eigenvalue weighted by Gasteiger charge is 2.23. The second-order valence-electron chi connectivity index (χ2n) is 7.70. The average Bonchev–Trinajstić information content (AvgIpc) is 3.27. The number of carbonyl (C=O) groups excluding carboxylic acids is 2. The molecule has 2 aromatic carbocycles. The first kappa shape index (κ1) is 22.9. The summed E-state index contributed by atoms with van der Waals surface area (Å²) in [6.07, 6.45) is 5.08. The number of methoxy groups -OCH3 is 3. The van der Waals surface area contributed by atoms with Crippen LogP contribution in [0, 0.1) is 6.92 Å². The normalized spacial score (nSPS) is 11.1. The van der Waals surface area contributed by atoms with Gasteiger partial charge in [0, 0.05) is 17.3 Å². The lowest BCUT2D eigenvalue weighted by atomic mass is 10.0. The van der Waals surface area contributed by atoms with Gasteiger partial charge in [0.1, 0.15) is 0 Å². The van der Waals surface area contributed by atoms with E-state index >= 15 is 0 Å². The van der Waals surface area contributed by atoms with Gasteiger partial charge in [-0.3, -0.25) is 9.59 Å². The Balaban J connectivity index is 1.82. The topological polar surface area (TPSA) is 66.2 Å². The summed E-state index contributed by atoms with van der Waals surface area (Å²) in [6, 6.07) is 18.2. The number of allylic oxidation sites excluding steroid dienone is 1. The smallest absolute Gasteiger partial charge is 0.210 e. The largest absolute Gasteiger partial charge is 0.493 e. The quantitative estimate of drug-likeness (QED) is 0.263. The molecular formula is C28H25NO5. The molecule has 34 heavy (non-hydrogen) atoms. The van der Waals surface area contributed by atoms with Crippen molar-refractivity contribution in [2.45, 2.75) is 6.92 Å². The predicted octanol–water partition coefficient (Wildman–Crippen LogP) is 5.40. The zero-order valence-electron chi connectivity index (χ0n) is 19.5. The van der Waals surface area contributed by atoms with Gasteiger partial charge in [0.25, 0.3) is 0 Å². The molecule has 4 rings (SSSR count). The van der Waals surface area contributed by atoms with Crippen LogP contribution in [-0.2, 0) is 0 Å². The van der Waals surface area contributed by atoms with E-state index in [0.717, 1.165) is 11.1 Å². The number of benzene rings is 2. The van der Waals surface area contributed by atoms with Crippen LogP contribution in [0.15, 0.2) is 72.9 Å². The van der Waals surface area contributed by atoms with Crippen molar-refractivity contribution in [1.82, 2.24) is 4.40 Å². The van der Waals surface area contributed by atoms with E-state index in [1.807, 2.05) is 49.4 Å². The summed E-state index contributed by atoms with van der Waals surface area (Å²) in [5.41, 5.74) is 3.69. The third kappa shape index (κ3) is 4.18. The van der Waals surface area contributed by atoms with Gasteiger partial charge in [-0.15, -0.1) is 0 Å². The van der Waals surface area contributed by atoms with Crippen molar-refractivity contribution >= 4 is 23.2 Å². The highest BCUT2D eigenvalue weighted by atomic mass is 16.5. The molecule has 0 aliphatic rings. The van der Waals surface area contributed by atoms with Gasteiger partial charge in [-0.25, -0.2) is 0 Å². The molecular weight excluding hydrogens is 430 g/mol. The molecule has 0 amide bonds. The third-order valence-corrected chi connectivity index (χ3v) is 5.64. The molecule has 6 nitrogen and oxygen atoms in total. The molecule has 0 unspecified atom stereocenters. The highest BCUT2D eigenvalue weighted by Crippen LogP contribution is 2.39. The first-order valence-electron chi connectivity index (χ1n) is 10.7. The number of nitrogens with zero attached hydrogens (tertiary/aromatic N) is 1. The Morgan fingerprint density at radius 3 is 2.15 bits per heavy atom. The van der Waals surface area contributed by atoms with E-state index in [9.17, 15) is 9.59 Å². The van der Waals surface area contributed by atoms with Crippen molar-refractivity contribution in [3.63, 3.8) is 0 Å². The molecule has 0 aliphatic carbocycles. The second-order valence-corrected chi connectivity index (χ2v) is 7.70. The fourth-order valence-electron chi connectivity index (χ4n) is 3.98. The molecule has 172 valence electrons. The summed E-state index contributed by atoms with van der Waals surface area (Å²) < 4.78 is 17.9. The minimum atomic E-state index is -0.272. The standard InChI is InChI=1S/C28H25NO5/c1-18-9-8-14-29-22(27(31)20-15-24(32-2)28(34-4)25(16-20)33-3)17-21(26(18)29)23(30)13-12-19-10-6-5-7-11-19/h5-17H,1-4H3/b13-12+. The number of aryl methyl sites for hydroxylation is 1. The van der Waals surface area contributed by atoms with E-state index < -0.39 is 0 Å². The molecule has 2 aromatic heterocycles. The Bertz CT molecular complexity index is 1370. The summed E-state index contributed by atoms with van der Waals surface area (Å²) >= 11 is 0. The van der Waals surface area contributed by atoms with E-state index in [2.05, 4.69) is 0 Å². The van der Waals surface area contributed by atoms with Gasteiger partial charge in [-0.1, -0.05) is 42.5 Å². The molecule has 0 radical (unpaired) electrons. The van der Waals surface area contributed by atoms with Crippen molar-refractivity contribution < 1.29 is 23.8 Å². The maximum atomic E-state index is 13.6. The lowest BCUT2D eigenvalue weighted by Gasteiger charge is -2.13. The van der Waals surface area contributed by atoms with Crippen molar-refractivity contribution in [2.24, 2.45) is 0 Å². The molecule has 0 saturated carbocycles. The zero-order valence-corrected chi connectivity index (χ0v) is 19.5. The first-order valence-corrected chi connectivity index (χ1v) is 10.7. The van der Waals surface area contributed by atoms with Gasteiger partial charge in [-0.05, 0) is 48.4 Å². The van der Waals surface area contributed by atoms with E-state index in [0.29, 0.717) is 39.6 Å². The molecule has 6 heteroatoms.